The van der Waals surface area contributed by atoms with Crippen molar-refractivity contribution in [2.24, 2.45) is 0 Å². The fraction of sp³-hybridized carbons (Fsp3) is 0.133. The van der Waals surface area contributed by atoms with E-state index in [2.05, 4.69) is 15.3 Å². The van der Waals surface area contributed by atoms with Crippen LogP contribution in [0.1, 0.15) is 23.1 Å². The normalized spacial score (nSPS) is 10.8. The van der Waals surface area contributed by atoms with Crippen LogP contribution in [0.4, 0.5) is 5.69 Å². The second-order valence-electron chi connectivity index (χ2n) is 4.53. The first-order valence-corrected chi connectivity index (χ1v) is 6.94. The number of carbonyl (C=O) groups is 1. The smallest absolute Gasteiger partial charge is 0.274 e. The van der Waals surface area contributed by atoms with Gasteiger partial charge in [-0.2, -0.15) is 0 Å². The quantitative estimate of drug-likeness (QED) is 0.808. The number of fused-ring (bicyclic) bond motifs is 1. The van der Waals surface area contributed by atoms with Gasteiger partial charge in [0.1, 0.15) is 11.3 Å². The maximum atomic E-state index is 12.5. The molecule has 1 N–H and O–H groups in total. The van der Waals surface area contributed by atoms with Gasteiger partial charge in [0, 0.05) is 12.4 Å². The molecular formula is C15H13ClN4O. The van der Waals surface area contributed by atoms with Gasteiger partial charge < -0.3 is 5.32 Å². The summed E-state index contributed by atoms with van der Waals surface area (Å²) in [7, 11) is 0. The lowest BCUT2D eigenvalue weighted by Crippen LogP contribution is -2.16. The summed E-state index contributed by atoms with van der Waals surface area (Å²) in [5.74, 6) is -0.227. The molecule has 0 saturated carbocycles. The molecule has 0 atom stereocenters. The predicted molar refractivity (Wildman–Crippen MR) is 81.8 cm³/mol. The number of imidazole rings is 1. The first-order valence-electron chi connectivity index (χ1n) is 6.57. The van der Waals surface area contributed by atoms with E-state index >= 15 is 0 Å². The third-order valence-electron chi connectivity index (χ3n) is 3.12. The molecule has 1 amide bonds. The number of anilines is 1. The van der Waals surface area contributed by atoms with Crippen LogP contribution in [0.2, 0.25) is 5.02 Å². The molecule has 5 nitrogen and oxygen atoms in total. The maximum Gasteiger partial charge on any atom is 0.274 e. The highest BCUT2D eigenvalue weighted by Gasteiger charge is 2.18. The van der Waals surface area contributed by atoms with Gasteiger partial charge in [0.15, 0.2) is 0 Å². The number of hydrogen-bond donors (Lipinski definition) is 1. The van der Waals surface area contributed by atoms with Crippen LogP contribution in [0.25, 0.3) is 5.65 Å². The molecule has 106 valence electrons. The second-order valence-corrected chi connectivity index (χ2v) is 4.97. The zero-order valence-corrected chi connectivity index (χ0v) is 12.1. The van der Waals surface area contributed by atoms with Gasteiger partial charge in [-0.3, -0.25) is 14.2 Å². The molecule has 3 aromatic rings. The molecule has 0 aromatic carbocycles. The van der Waals surface area contributed by atoms with Crippen molar-refractivity contribution < 1.29 is 4.79 Å². The zero-order valence-electron chi connectivity index (χ0n) is 11.4. The number of nitrogens with one attached hydrogen (secondary N) is 1. The monoisotopic (exact) mass is 300 g/mol. The molecule has 0 fully saturated rings. The van der Waals surface area contributed by atoms with Crippen LogP contribution in [0.5, 0.6) is 0 Å². The van der Waals surface area contributed by atoms with Crippen molar-refractivity contribution in [3.63, 3.8) is 0 Å². The average Bonchev–Trinajstić information content (AvgIpc) is 2.86. The SMILES string of the molecule is CCc1nc2ccc(Cl)cn2c1C(=O)Nc1cccnc1. The number of rotatable bonds is 3. The van der Waals surface area contributed by atoms with Crippen molar-refractivity contribution in [3.8, 4) is 0 Å². The summed E-state index contributed by atoms with van der Waals surface area (Å²) < 4.78 is 1.72. The fourth-order valence-electron chi connectivity index (χ4n) is 2.18. The number of amides is 1. The van der Waals surface area contributed by atoms with E-state index in [9.17, 15) is 4.79 Å². The highest BCUT2D eigenvalue weighted by molar-refractivity contribution is 6.30. The van der Waals surface area contributed by atoms with Crippen molar-refractivity contribution in [2.45, 2.75) is 13.3 Å². The molecular weight excluding hydrogens is 288 g/mol. The Labute approximate surface area is 126 Å². The molecule has 0 aliphatic rings. The molecule has 0 aliphatic carbocycles. The minimum Gasteiger partial charge on any atom is -0.319 e. The summed E-state index contributed by atoms with van der Waals surface area (Å²) in [5, 5.41) is 3.38. The van der Waals surface area contributed by atoms with Gasteiger partial charge in [-0.15, -0.1) is 0 Å². The van der Waals surface area contributed by atoms with E-state index in [0.29, 0.717) is 28.5 Å². The summed E-state index contributed by atoms with van der Waals surface area (Å²) in [5.41, 5.74) is 2.58. The third-order valence-corrected chi connectivity index (χ3v) is 3.35. The molecule has 0 unspecified atom stereocenters. The predicted octanol–water partition coefficient (Wildman–Crippen LogP) is 3.20. The average molecular weight is 301 g/mol. The molecule has 3 rings (SSSR count). The van der Waals surface area contributed by atoms with E-state index in [1.807, 2.05) is 6.92 Å². The Balaban J connectivity index is 2.06. The molecule has 0 saturated heterocycles. The van der Waals surface area contributed by atoms with E-state index in [0.717, 1.165) is 5.69 Å². The summed E-state index contributed by atoms with van der Waals surface area (Å²) in [6.45, 7) is 1.96. The van der Waals surface area contributed by atoms with Crippen LogP contribution in [-0.2, 0) is 6.42 Å². The minimum atomic E-state index is -0.227. The lowest BCUT2D eigenvalue weighted by Gasteiger charge is -2.06. The van der Waals surface area contributed by atoms with Gasteiger partial charge in [-0.1, -0.05) is 18.5 Å². The van der Waals surface area contributed by atoms with Gasteiger partial charge in [-0.05, 0) is 30.7 Å². The van der Waals surface area contributed by atoms with E-state index < -0.39 is 0 Å². The first-order chi connectivity index (χ1) is 10.2. The summed E-state index contributed by atoms with van der Waals surface area (Å²) >= 11 is 6.02. The molecule has 0 aliphatic heterocycles. The van der Waals surface area contributed by atoms with Crippen molar-refractivity contribution in [3.05, 3.63) is 59.3 Å². The summed E-state index contributed by atoms with van der Waals surface area (Å²) in [6, 6.07) is 7.10. The van der Waals surface area contributed by atoms with Crippen molar-refractivity contribution in [1.29, 1.82) is 0 Å². The lowest BCUT2D eigenvalue weighted by molar-refractivity contribution is 0.102. The van der Waals surface area contributed by atoms with Crippen molar-refractivity contribution in [1.82, 2.24) is 14.4 Å². The van der Waals surface area contributed by atoms with Crippen LogP contribution in [0, 0.1) is 0 Å². The standard InChI is InChI=1S/C15H13ClN4O/c1-2-12-14(15(21)18-11-4-3-7-17-8-11)20-9-10(16)5-6-13(20)19-12/h3-9H,2H2,1H3,(H,18,21). The Hall–Kier alpha value is -2.40. The molecule has 6 heteroatoms. The Morgan fingerprint density at radius 2 is 2.24 bits per heavy atom. The maximum absolute atomic E-state index is 12.5. The molecule has 0 radical (unpaired) electrons. The Morgan fingerprint density at radius 3 is 2.95 bits per heavy atom. The van der Waals surface area contributed by atoms with Crippen LogP contribution in [0.15, 0.2) is 42.9 Å². The highest BCUT2D eigenvalue weighted by atomic mass is 35.5. The number of nitrogens with zero attached hydrogens (tertiary/aromatic N) is 3. The van der Waals surface area contributed by atoms with Gasteiger partial charge >= 0.3 is 0 Å². The van der Waals surface area contributed by atoms with E-state index in [1.54, 1.807) is 47.3 Å². The van der Waals surface area contributed by atoms with Gasteiger partial charge in [0.2, 0.25) is 0 Å². The lowest BCUT2D eigenvalue weighted by atomic mass is 10.2. The van der Waals surface area contributed by atoms with Crippen molar-refractivity contribution in [2.75, 3.05) is 5.32 Å². The number of pyridine rings is 2. The fourth-order valence-corrected chi connectivity index (χ4v) is 2.34. The molecule has 0 spiro atoms. The molecule has 21 heavy (non-hydrogen) atoms. The van der Waals surface area contributed by atoms with E-state index in [1.165, 1.54) is 0 Å². The number of hydrogen-bond acceptors (Lipinski definition) is 3. The van der Waals surface area contributed by atoms with Gasteiger partial charge in [-0.25, -0.2) is 4.98 Å². The van der Waals surface area contributed by atoms with Crippen molar-refractivity contribution >= 4 is 28.8 Å². The van der Waals surface area contributed by atoms with E-state index in [-0.39, 0.29) is 5.91 Å². The summed E-state index contributed by atoms with van der Waals surface area (Å²) in [6.07, 6.45) is 5.61. The number of carbonyl (C=O) groups excluding carboxylic acids is 1. The Bertz CT molecular complexity index is 798. The van der Waals surface area contributed by atoms with Crippen LogP contribution >= 0.6 is 11.6 Å². The van der Waals surface area contributed by atoms with Gasteiger partial charge in [0.05, 0.1) is 22.6 Å². The van der Waals surface area contributed by atoms with Crippen LogP contribution in [-0.4, -0.2) is 20.3 Å². The van der Waals surface area contributed by atoms with E-state index in [4.69, 9.17) is 11.6 Å². The van der Waals surface area contributed by atoms with Gasteiger partial charge in [0.25, 0.3) is 5.91 Å². The first kappa shape index (κ1) is 13.6. The minimum absolute atomic E-state index is 0.227. The second kappa shape index (κ2) is 5.54. The zero-order chi connectivity index (χ0) is 14.8. The number of halogens is 1. The number of aryl methyl sites for hydroxylation is 1. The highest BCUT2D eigenvalue weighted by Crippen LogP contribution is 2.18. The molecule has 3 aromatic heterocycles. The molecule has 0 bridgehead atoms. The van der Waals surface area contributed by atoms with Crippen LogP contribution in [0.3, 0.4) is 0 Å². The third kappa shape index (κ3) is 2.60. The summed E-state index contributed by atoms with van der Waals surface area (Å²) in [4.78, 5) is 21.0. The van der Waals surface area contributed by atoms with Crippen LogP contribution < -0.4 is 5.32 Å². The largest absolute Gasteiger partial charge is 0.319 e. The topological polar surface area (TPSA) is 59.3 Å². The molecule has 3 heterocycles. The number of aromatic nitrogens is 3. The Morgan fingerprint density at radius 1 is 1.38 bits per heavy atom. The Kier molecular flexibility index (Phi) is 3.58.